The second kappa shape index (κ2) is 11.5. The van der Waals surface area contributed by atoms with Gasteiger partial charge < -0.3 is 9.88 Å². The monoisotopic (exact) mass is 303 g/mol. The fraction of sp³-hybridized carbons (Fsp3) is 0.444. The van der Waals surface area contributed by atoms with Gasteiger partial charge in [0.05, 0.1) is 6.54 Å². The van der Waals surface area contributed by atoms with Crippen molar-refractivity contribution < 1.29 is 4.79 Å². The number of hydrogen-bond acceptors (Lipinski definition) is 2. The number of benzene rings is 1. The Labute approximate surface area is 134 Å². The van der Waals surface area contributed by atoms with Crippen molar-refractivity contribution >= 4 is 5.91 Å². The van der Waals surface area contributed by atoms with Gasteiger partial charge >= 0.3 is 0 Å². The molecule has 0 unspecified atom stereocenters. The molecule has 0 spiro atoms. The highest BCUT2D eigenvalue weighted by molar-refractivity contribution is 5.72. The number of amides is 1. The maximum absolute atomic E-state index is 10.9. The van der Waals surface area contributed by atoms with Crippen LogP contribution in [0.1, 0.15) is 51.6 Å². The highest BCUT2D eigenvalue weighted by atomic mass is 16.1. The minimum Gasteiger partial charge on any atom is -0.349 e. The Kier molecular flexibility index (Phi) is 10.4. The normalized spacial score (nSPS) is 9.00. The van der Waals surface area contributed by atoms with Crippen molar-refractivity contribution in [2.24, 2.45) is 0 Å². The summed E-state index contributed by atoms with van der Waals surface area (Å²) in [5, 5.41) is 2.76. The van der Waals surface area contributed by atoms with E-state index in [1.807, 2.05) is 38.5 Å². The van der Waals surface area contributed by atoms with Crippen molar-refractivity contribution in [3.63, 3.8) is 0 Å². The van der Waals surface area contributed by atoms with Gasteiger partial charge in [0, 0.05) is 25.9 Å². The molecule has 0 saturated carbocycles. The Morgan fingerprint density at radius 3 is 2.27 bits per heavy atom. The van der Waals surface area contributed by atoms with Crippen LogP contribution < -0.4 is 5.32 Å². The van der Waals surface area contributed by atoms with Gasteiger partial charge in [-0.2, -0.15) is 0 Å². The Balaban J connectivity index is 0.00000102. The Morgan fingerprint density at radius 2 is 1.73 bits per heavy atom. The summed E-state index contributed by atoms with van der Waals surface area (Å²) in [5.41, 5.74) is 2.48. The van der Waals surface area contributed by atoms with Crippen LogP contribution in [-0.4, -0.2) is 15.5 Å². The summed E-state index contributed by atoms with van der Waals surface area (Å²) in [6, 6.07) is 8.41. The summed E-state index contributed by atoms with van der Waals surface area (Å²) in [6.45, 7) is 12.8. The molecule has 122 valence electrons. The number of carbonyl (C=O) groups is 1. The minimum absolute atomic E-state index is 0.0418. The van der Waals surface area contributed by atoms with Crippen LogP contribution in [0.2, 0.25) is 0 Å². The lowest BCUT2D eigenvalue weighted by molar-refractivity contribution is -0.119. The van der Waals surface area contributed by atoms with E-state index >= 15 is 0 Å². The van der Waals surface area contributed by atoms with E-state index in [0.29, 0.717) is 6.54 Å². The molecule has 1 aromatic heterocycles. The Bertz CT molecular complexity index is 530. The third-order valence-electron chi connectivity index (χ3n) is 2.77. The molecule has 0 atom stereocenters. The van der Waals surface area contributed by atoms with E-state index < -0.39 is 0 Å². The van der Waals surface area contributed by atoms with E-state index in [-0.39, 0.29) is 5.91 Å². The van der Waals surface area contributed by atoms with Gasteiger partial charge in [-0.3, -0.25) is 4.79 Å². The standard InChI is InChI=1S/C14H17N3O.2C2H6/c1-11-3-5-13(6-4-11)10-17-8-7-15-14(17)9-16-12(2)18;2*1-2/h3-8H,9-10H2,1-2H3,(H,16,18);2*1-2H3. The van der Waals surface area contributed by atoms with Gasteiger partial charge in [0.25, 0.3) is 0 Å². The summed E-state index contributed by atoms with van der Waals surface area (Å²) in [6.07, 6.45) is 3.68. The molecular formula is C18H29N3O. The van der Waals surface area contributed by atoms with Crippen LogP contribution in [0.5, 0.6) is 0 Å². The van der Waals surface area contributed by atoms with E-state index in [0.717, 1.165) is 12.4 Å². The van der Waals surface area contributed by atoms with E-state index in [1.165, 1.54) is 18.1 Å². The van der Waals surface area contributed by atoms with Crippen LogP contribution in [-0.2, 0) is 17.9 Å². The number of nitrogens with one attached hydrogen (secondary N) is 1. The molecule has 0 aliphatic heterocycles. The highest BCUT2D eigenvalue weighted by Crippen LogP contribution is 2.07. The molecule has 0 bridgehead atoms. The van der Waals surface area contributed by atoms with E-state index in [4.69, 9.17) is 0 Å². The molecular weight excluding hydrogens is 274 g/mol. The zero-order valence-electron chi connectivity index (χ0n) is 14.7. The molecule has 1 N–H and O–H groups in total. The largest absolute Gasteiger partial charge is 0.349 e. The minimum atomic E-state index is -0.0418. The van der Waals surface area contributed by atoms with Crippen molar-refractivity contribution in [1.29, 1.82) is 0 Å². The van der Waals surface area contributed by atoms with Crippen molar-refractivity contribution in [1.82, 2.24) is 14.9 Å². The first kappa shape index (κ1) is 19.9. The third-order valence-corrected chi connectivity index (χ3v) is 2.77. The van der Waals surface area contributed by atoms with E-state index in [2.05, 4.69) is 41.5 Å². The number of hydrogen-bond donors (Lipinski definition) is 1. The molecule has 0 radical (unpaired) electrons. The van der Waals surface area contributed by atoms with Crippen LogP contribution >= 0.6 is 0 Å². The lowest BCUT2D eigenvalue weighted by atomic mass is 10.1. The van der Waals surface area contributed by atoms with Crippen molar-refractivity contribution in [3.8, 4) is 0 Å². The zero-order chi connectivity index (χ0) is 17.0. The molecule has 0 aliphatic rings. The Hall–Kier alpha value is -2.10. The fourth-order valence-electron chi connectivity index (χ4n) is 1.74. The smallest absolute Gasteiger partial charge is 0.217 e. The highest BCUT2D eigenvalue weighted by Gasteiger charge is 2.04. The summed E-state index contributed by atoms with van der Waals surface area (Å²) >= 11 is 0. The molecule has 2 rings (SSSR count). The molecule has 1 heterocycles. The number of aromatic nitrogens is 2. The van der Waals surface area contributed by atoms with Crippen molar-refractivity contribution in [2.75, 3.05) is 0 Å². The van der Waals surface area contributed by atoms with Gasteiger partial charge in [0.15, 0.2) is 0 Å². The van der Waals surface area contributed by atoms with E-state index in [1.54, 1.807) is 6.20 Å². The first-order valence-electron chi connectivity index (χ1n) is 7.95. The number of aryl methyl sites for hydroxylation is 1. The molecule has 4 nitrogen and oxygen atoms in total. The van der Waals surface area contributed by atoms with E-state index in [9.17, 15) is 4.79 Å². The zero-order valence-corrected chi connectivity index (χ0v) is 14.7. The summed E-state index contributed by atoms with van der Waals surface area (Å²) < 4.78 is 2.04. The maximum atomic E-state index is 10.9. The van der Waals surface area contributed by atoms with Crippen LogP contribution in [0.25, 0.3) is 0 Å². The van der Waals surface area contributed by atoms with Crippen molar-refractivity contribution in [3.05, 3.63) is 53.6 Å². The molecule has 4 heteroatoms. The van der Waals surface area contributed by atoms with Gasteiger partial charge in [-0.1, -0.05) is 57.5 Å². The second-order valence-electron chi connectivity index (χ2n) is 4.37. The fourth-order valence-corrected chi connectivity index (χ4v) is 1.74. The maximum Gasteiger partial charge on any atom is 0.217 e. The molecule has 1 aromatic carbocycles. The molecule has 0 fully saturated rings. The number of carbonyl (C=O) groups excluding carboxylic acids is 1. The second-order valence-corrected chi connectivity index (χ2v) is 4.37. The summed E-state index contributed by atoms with van der Waals surface area (Å²) in [7, 11) is 0. The quantitative estimate of drug-likeness (QED) is 0.930. The van der Waals surface area contributed by atoms with Crippen LogP contribution in [0.15, 0.2) is 36.7 Å². The molecule has 0 saturated heterocycles. The predicted octanol–water partition coefficient (Wildman–Crippen LogP) is 3.93. The van der Waals surface area contributed by atoms with Crippen molar-refractivity contribution in [2.45, 2.75) is 54.6 Å². The summed E-state index contributed by atoms with van der Waals surface area (Å²) in [5.74, 6) is 0.825. The van der Waals surface area contributed by atoms with Gasteiger partial charge in [-0.05, 0) is 12.5 Å². The molecule has 0 aliphatic carbocycles. The predicted molar refractivity (Wildman–Crippen MR) is 92.7 cm³/mol. The topological polar surface area (TPSA) is 46.9 Å². The lowest BCUT2D eigenvalue weighted by Crippen LogP contribution is -2.21. The average Bonchev–Trinajstić information content (AvgIpc) is 2.99. The van der Waals surface area contributed by atoms with Gasteiger partial charge in [0.1, 0.15) is 5.82 Å². The number of imidazole rings is 1. The van der Waals surface area contributed by atoms with Crippen LogP contribution in [0, 0.1) is 6.92 Å². The third kappa shape index (κ3) is 7.07. The Morgan fingerprint density at radius 1 is 1.14 bits per heavy atom. The van der Waals surface area contributed by atoms with Crippen LogP contribution in [0.4, 0.5) is 0 Å². The number of nitrogens with zero attached hydrogens (tertiary/aromatic N) is 2. The molecule has 2 aromatic rings. The first-order valence-corrected chi connectivity index (χ1v) is 7.95. The first-order chi connectivity index (χ1) is 10.6. The number of rotatable bonds is 4. The lowest BCUT2D eigenvalue weighted by Gasteiger charge is -2.08. The van der Waals surface area contributed by atoms with Gasteiger partial charge in [-0.15, -0.1) is 0 Å². The van der Waals surface area contributed by atoms with Crippen LogP contribution in [0.3, 0.4) is 0 Å². The molecule has 22 heavy (non-hydrogen) atoms. The van der Waals surface area contributed by atoms with Gasteiger partial charge in [0.2, 0.25) is 5.91 Å². The summed E-state index contributed by atoms with van der Waals surface area (Å²) in [4.78, 5) is 15.1. The average molecular weight is 303 g/mol. The SMILES string of the molecule is CC.CC.CC(=O)NCc1nccn1Cc1ccc(C)cc1. The van der Waals surface area contributed by atoms with Gasteiger partial charge in [-0.25, -0.2) is 4.98 Å². The molecule has 1 amide bonds.